The van der Waals surface area contributed by atoms with Crippen LogP contribution in [0.25, 0.3) is 0 Å². The Morgan fingerprint density at radius 1 is 1.30 bits per heavy atom. The molecule has 0 aromatic heterocycles. The van der Waals surface area contributed by atoms with Gasteiger partial charge in [-0.2, -0.15) is 0 Å². The molecular formula is C15H26N2O3. The number of nitrogens with one attached hydrogen (secondary N) is 1. The third-order valence-electron chi connectivity index (χ3n) is 4.54. The van der Waals surface area contributed by atoms with Crippen molar-refractivity contribution >= 4 is 11.8 Å². The number of rotatable bonds is 2. The van der Waals surface area contributed by atoms with Crippen LogP contribution in [0, 0.1) is 11.3 Å². The Labute approximate surface area is 120 Å². The van der Waals surface area contributed by atoms with Crippen LogP contribution >= 0.6 is 0 Å². The van der Waals surface area contributed by atoms with Crippen LogP contribution in [0.1, 0.15) is 46.5 Å². The average molecular weight is 282 g/mol. The monoisotopic (exact) mass is 282 g/mol. The van der Waals surface area contributed by atoms with E-state index < -0.39 is 6.10 Å². The van der Waals surface area contributed by atoms with E-state index in [1.165, 1.54) is 6.92 Å². The Hall–Kier alpha value is -1.10. The minimum atomic E-state index is -0.614. The Kier molecular flexibility index (Phi) is 4.37. The van der Waals surface area contributed by atoms with Gasteiger partial charge in [-0.3, -0.25) is 9.59 Å². The number of hydrogen-bond acceptors (Lipinski definition) is 3. The number of carbonyl (C=O) groups excluding carboxylic acids is 2. The third kappa shape index (κ3) is 3.51. The predicted molar refractivity (Wildman–Crippen MR) is 75.9 cm³/mol. The Bertz CT molecular complexity index is 395. The lowest BCUT2D eigenvalue weighted by Gasteiger charge is -2.34. The molecule has 0 aromatic carbocycles. The highest BCUT2D eigenvalue weighted by Gasteiger charge is 2.38. The van der Waals surface area contributed by atoms with Crippen molar-refractivity contribution in [1.29, 1.82) is 0 Å². The molecule has 0 aromatic rings. The van der Waals surface area contributed by atoms with Gasteiger partial charge in [0.05, 0.1) is 12.1 Å². The molecule has 2 N–H and O–H groups in total. The van der Waals surface area contributed by atoms with Crippen LogP contribution < -0.4 is 5.32 Å². The summed E-state index contributed by atoms with van der Waals surface area (Å²) < 4.78 is 0. The lowest BCUT2D eigenvalue weighted by Crippen LogP contribution is -2.49. The fourth-order valence-corrected chi connectivity index (χ4v) is 3.36. The van der Waals surface area contributed by atoms with Crippen molar-refractivity contribution in [2.45, 2.75) is 58.6 Å². The quantitative estimate of drug-likeness (QED) is 0.791. The molecule has 0 spiro atoms. The molecule has 1 saturated heterocycles. The largest absolute Gasteiger partial charge is 0.391 e. The number of amides is 2. The summed E-state index contributed by atoms with van der Waals surface area (Å²) in [6.45, 7) is 7.46. The maximum Gasteiger partial charge on any atom is 0.225 e. The molecule has 0 bridgehead atoms. The lowest BCUT2D eigenvalue weighted by molar-refractivity contribution is -0.137. The molecule has 5 heteroatoms. The Balaban J connectivity index is 1.89. The van der Waals surface area contributed by atoms with E-state index in [1.807, 2.05) is 4.90 Å². The van der Waals surface area contributed by atoms with Crippen LogP contribution in [-0.2, 0) is 9.59 Å². The van der Waals surface area contributed by atoms with Crippen LogP contribution in [0.4, 0.5) is 0 Å². The molecule has 2 rings (SSSR count). The summed E-state index contributed by atoms with van der Waals surface area (Å²) in [5.74, 6) is -0.0417. The first kappa shape index (κ1) is 15.3. The van der Waals surface area contributed by atoms with Crippen LogP contribution in [0.5, 0.6) is 0 Å². The molecule has 2 fully saturated rings. The number of likely N-dealkylation sites (tertiary alicyclic amines) is 1. The number of nitrogens with zero attached hydrogens (tertiary/aromatic N) is 1. The number of aliphatic hydroxyl groups excluding tert-OH is 1. The van der Waals surface area contributed by atoms with Gasteiger partial charge >= 0.3 is 0 Å². The summed E-state index contributed by atoms with van der Waals surface area (Å²) in [4.78, 5) is 25.5. The Morgan fingerprint density at radius 3 is 2.50 bits per heavy atom. The summed E-state index contributed by atoms with van der Waals surface area (Å²) in [6.07, 6.45) is 2.31. The van der Waals surface area contributed by atoms with Gasteiger partial charge in [-0.1, -0.05) is 13.8 Å². The van der Waals surface area contributed by atoms with Crippen molar-refractivity contribution in [3.05, 3.63) is 0 Å². The zero-order valence-corrected chi connectivity index (χ0v) is 12.7. The number of aliphatic hydroxyl groups is 1. The van der Waals surface area contributed by atoms with E-state index in [9.17, 15) is 14.7 Å². The molecule has 3 atom stereocenters. The topological polar surface area (TPSA) is 69.6 Å². The smallest absolute Gasteiger partial charge is 0.225 e. The molecule has 1 saturated carbocycles. The van der Waals surface area contributed by atoms with Gasteiger partial charge in [0.2, 0.25) is 11.8 Å². The normalized spacial score (nSPS) is 33.0. The van der Waals surface area contributed by atoms with Crippen LogP contribution in [-0.4, -0.2) is 47.1 Å². The second-order valence-electron chi connectivity index (χ2n) is 7.06. The van der Waals surface area contributed by atoms with Crippen molar-refractivity contribution in [1.82, 2.24) is 10.2 Å². The summed E-state index contributed by atoms with van der Waals surface area (Å²) >= 11 is 0. The minimum Gasteiger partial charge on any atom is -0.391 e. The lowest BCUT2D eigenvalue weighted by atomic mass is 9.83. The van der Waals surface area contributed by atoms with E-state index in [-0.39, 0.29) is 29.2 Å². The summed E-state index contributed by atoms with van der Waals surface area (Å²) in [5, 5.41) is 12.9. The fraction of sp³-hybridized carbons (Fsp3) is 0.867. The number of hydrogen-bond donors (Lipinski definition) is 2. The second kappa shape index (κ2) is 5.72. The van der Waals surface area contributed by atoms with Crippen molar-refractivity contribution in [2.75, 3.05) is 13.1 Å². The van der Waals surface area contributed by atoms with Gasteiger partial charge in [0.25, 0.3) is 0 Å². The van der Waals surface area contributed by atoms with Crippen LogP contribution in [0.2, 0.25) is 0 Å². The SMILES string of the molecule is CC(=O)N[C@@H]1CC[C@H](C(=O)N2CCC(C)(C)C2)C[C@H]1O. The first-order valence-electron chi connectivity index (χ1n) is 7.52. The highest BCUT2D eigenvalue weighted by molar-refractivity contribution is 5.79. The maximum absolute atomic E-state index is 12.5. The Morgan fingerprint density at radius 2 is 2.00 bits per heavy atom. The van der Waals surface area contributed by atoms with Crippen LogP contribution in [0.15, 0.2) is 0 Å². The van der Waals surface area contributed by atoms with E-state index in [4.69, 9.17) is 0 Å². The van der Waals surface area contributed by atoms with E-state index in [0.717, 1.165) is 25.9 Å². The van der Waals surface area contributed by atoms with Crippen molar-refractivity contribution < 1.29 is 14.7 Å². The standard InChI is InChI=1S/C15H26N2O3/c1-10(18)16-12-5-4-11(8-13(12)19)14(20)17-7-6-15(2,3)9-17/h11-13,19H,4-9H2,1-3H3,(H,16,18)/t11-,12+,13+/m0/s1. The molecule has 20 heavy (non-hydrogen) atoms. The zero-order chi connectivity index (χ0) is 14.9. The first-order chi connectivity index (χ1) is 9.28. The summed E-state index contributed by atoms with van der Waals surface area (Å²) in [5.41, 5.74) is 0.210. The molecule has 0 radical (unpaired) electrons. The van der Waals surface area contributed by atoms with Gasteiger partial charge in [-0.25, -0.2) is 0 Å². The summed E-state index contributed by atoms with van der Waals surface area (Å²) in [7, 11) is 0. The molecule has 2 amide bonds. The third-order valence-corrected chi connectivity index (χ3v) is 4.54. The zero-order valence-electron chi connectivity index (χ0n) is 12.7. The van der Waals surface area contributed by atoms with Crippen molar-refractivity contribution in [3.8, 4) is 0 Å². The van der Waals surface area contributed by atoms with Gasteiger partial charge in [0.15, 0.2) is 0 Å². The van der Waals surface area contributed by atoms with Crippen molar-refractivity contribution in [2.24, 2.45) is 11.3 Å². The van der Waals surface area contributed by atoms with Gasteiger partial charge in [0.1, 0.15) is 0 Å². The predicted octanol–water partition coefficient (Wildman–Crippen LogP) is 0.911. The molecule has 1 aliphatic carbocycles. The van der Waals surface area contributed by atoms with Gasteiger partial charge in [-0.05, 0) is 31.1 Å². The average Bonchev–Trinajstić information content (AvgIpc) is 2.71. The number of carbonyl (C=O) groups is 2. The molecule has 2 aliphatic rings. The minimum absolute atomic E-state index is 0.0936. The summed E-state index contributed by atoms with van der Waals surface area (Å²) in [6, 6.07) is -0.202. The van der Waals surface area contributed by atoms with E-state index in [2.05, 4.69) is 19.2 Å². The van der Waals surface area contributed by atoms with Gasteiger partial charge in [0, 0.05) is 25.9 Å². The fourth-order valence-electron chi connectivity index (χ4n) is 3.36. The molecule has 1 aliphatic heterocycles. The molecule has 0 unspecified atom stereocenters. The van der Waals surface area contributed by atoms with E-state index in [0.29, 0.717) is 12.8 Å². The highest BCUT2D eigenvalue weighted by Crippen LogP contribution is 2.33. The molecule has 1 heterocycles. The maximum atomic E-state index is 12.5. The molecular weight excluding hydrogens is 256 g/mol. The van der Waals surface area contributed by atoms with Crippen molar-refractivity contribution in [3.63, 3.8) is 0 Å². The van der Waals surface area contributed by atoms with Gasteiger partial charge in [-0.15, -0.1) is 0 Å². The molecule has 114 valence electrons. The second-order valence-corrected chi connectivity index (χ2v) is 7.06. The first-order valence-corrected chi connectivity index (χ1v) is 7.52. The van der Waals surface area contributed by atoms with Gasteiger partial charge < -0.3 is 15.3 Å². The molecule has 5 nitrogen and oxygen atoms in total. The van der Waals surface area contributed by atoms with E-state index >= 15 is 0 Å². The highest BCUT2D eigenvalue weighted by atomic mass is 16.3. The van der Waals surface area contributed by atoms with E-state index in [1.54, 1.807) is 0 Å². The van der Waals surface area contributed by atoms with Crippen LogP contribution in [0.3, 0.4) is 0 Å².